The van der Waals surface area contributed by atoms with Crippen molar-refractivity contribution in [2.75, 3.05) is 0 Å². The van der Waals surface area contributed by atoms with Gasteiger partial charge < -0.3 is 14.2 Å². The van der Waals surface area contributed by atoms with Gasteiger partial charge in [-0.15, -0.1) is 0 Å². The Bertz CT molecular complexity index is 679. The van der Waals surface area contributed by atoms with Gasteiger partial charge in [-0.05, 0) is 25.1 Å². The predicted molar refractivity (Wildman–Crippen MR) is 75.6 cm³/mol. The van der Waals surface area contributed by atoms with E-state index in [1.165, 1.54) is 12.5 Å². The van der Waals surface area contributed by atoms with Crippen molar-refractivity contribution in [1.29, 1.82) is 0 Å². The lowest BCUT2D eigenvalue weighted by Crippen LogP contribution is -2.33. The molecule has 1 amide bonds. The number of fused-ring (bicyclic) bond motifs is 1. The summed E-state index contributed by atoms with van der Waals surface area (Å²) in [5.74, 6) is 0.730. The SMILES string of the molecule is C[C@@H](Cc1cc2ccccc2o1)NC(=O)c1ccoc1. The summed E-state index contributed by atoms with van der Waals surface area (Å²) >= 11 is 0. The van der Waals surface area contributed by atoms with Crippen molar-refractivity contribution in [3.8, 4) is 0 Å². The van der Waals surface area contributed by atoms with Crippen LogP contribution in [0, 0.1) is 0 Å². The van der Waals surface area contributed by atoms with Crippen LogP contribution in [0.1, 0.15) is 23.0 Å². The first-order valence-electron chi connectivity index (χ1n) is 6.53. The van der Waals surface area contributed by atoms with E-state index in [-0.39, 0.29) is 11.9 Å². The van der Waals surface area contributed by atoms with Gasteiger partial charge in [-0.3, -0.25) is 4.79 Å². The minimum Gasteiger partial charge on any atom is -0.472 e. The Morgan fingerprint density at radius 2 is 2.15 bits per heavy atom. The van der Waals surface area contributed by atoms with E-state index in [1.807, 2.05) is 37.3 Å². The van der Waals surface area contributed by atoms with Crippen LogP contribution >= 0.6 is 0 Å². The summed E-state index contributed by atoms with van der Waals surface area (Å²) in [6.07, 6.45) is 3.57. The molecular weight excluding hydrogens is 254 g/mol. The van der Waals surface area contributed by atoms with Crippen LogP contribution in [0.3, 0.4) is 0 Å². The number of furan rings is 2. The molecule has 0 spiro atoms. The molecule has 0 bridgehead atoms. The summed E-state index contributed by atoms with van der Waals surface area (Å²) in [4.78, 5) is 11.9. The molecule has 102 valence electrons. The average Bonchev–Trinajstić information content (AvgIpc) is 3.07. The summed E-state index contributed by atoms with van der Waals surface area (Å²) in [6, 6.07) is 11.5. The van der Waals surface area contributed by atoms with E-state index in [0.29, 0.717) is 12.0 Å². The molecule has 3 rings (SSSR count). The van der Waals surface area contributed by atoms with E-state index < -0.39 is 0 Å². The third-order valence-corrected chi connectivity index (χ3v) is 3.14. The maximum atomic E-state index is 11.9. The molecule has 4 nitrogen and oxygen atoms in total. The zero-order chi connectivity index (χ0) is 13.9. The molecule has 20 heavy (non-hydrogen) atoms. The number of carbonyl (C=O) groups excluding carboxylic acids is 1. The highest BCUT2D eigenvalue weighted by atomic mass is 16.3. The Hall–Kier alpha value is -2.49. The van der Waals surface area contributed by atoms with E-state index in [0.717, 1.165) is 16.7 Å². The van der Waals surface area contributed by atoms with Crippen LogP contribution in [-0.4, -0.2) is 11.9 Å². The van der Waals surface area contributed by atoms with Crippen molar-refractivity contribution in [3.05, 3.63) is 60.2 Å². The minimum atomic E-state index is -0.137. The van der Waals surface area contributed by atoms with Crippen LogP contribution in [0.4, 0.5) is 0 Å². The van der Waals surface area contributed by atoms with Crippen LogP contribution in [0.25, 0.3) is 11.0 Å². The maximum Gasteiger partial charge on any atom is 0.254 e. The molecule has 2 heterocycles. The van der Waals surface area contributed by atoms with Crippen molar-refractivity contribution in [3.63, 3.8) is 0 Å². The molecule has 0 aliphatic carbocycles. The molecule has 0 saturated carbocycles. The lowest BCUT2D eigenvalue weighted by atomic mass is 10.1. The zero-order valence-electron chi connectivity index (χ0n) is 11.1. The minimum absolute atomic E-state index is 0.0158. The first kappa shape index (κ1) is 12.5. The first-order valence-corrected chi connectivity index (χ1v) is 6.53. The second-order valence-corrected chi connectivity index (χ2v) is 4.84. The summed E-state index contributed by atoms with van der Waals surface area (Å²) in [7, 11) is 0. The fourth-order valence-electron chi connectivity index (χ4n) is 2.19. The fraction of sp³-hybridized carbons (Fsp3) is 0.188. The van der Waals surface area contributed by atoms with Gasteiger partial charge in [-0.1, -0.05) is 18.2 Å². The van der Waals surface area contributed by atoms with Gasteiger partial charge >= 0.3 is 0 Å². The quantitative estimate of drug-likeness (QED) is 0.789. The molecule has 1 atom stereocenters. The van der Waals surface area contributed by atoms with Crippen LogP contribution in [-0.2, 0) is 6.42 Å². The van der Waals surface area contributed by atoms with E-state index >= 15 is 0 Å². The Morgan fingerprint density at radius 3 is 2.90 bits per heavy atom. The maximum absolute atomic E-state index is 11.9. The van der Waals surface area contributed by atoms with Crippen molar-refractivity contribution in [2.24, 2.45) is 0 Å². The number of rotatable bonds is 4. The highest BCUT2D eigenvalue weighted by molar-refractivity contribution is 5.93. The van der Waals surface area contributed by atoms with E-state index in [1.54, 1.807) is 6.07 Å². The Kier molecular flexibility index (Phi) is 3.29. The smallest absolute Gasteiger partial charge is 0.254 e. The molecule has 0 saturated heterocycles. The molecule has 1 N–H and O–H groups in total. The number of carbonyl (C=O) groups is 1. The largest absolute Gasteiger partial charge is 0.472 e. The highest BCUT2D eigenvalue weighted by Crippen LogP contribution is 2.19. The van der Waals surface area contributed by atoms with Gasteiger partial charge in [0.05, 0.1) is 11.8 Å². The van der Waals surface area contributed by atoms with Gasteiger partial charge in [0.2, 0.25) is 0 Å². The third kappa shape index (κ3) is 2.59. The molecule has 3 aromatic rings. The van der Waals surface area contributed by atoms with Crippen molar-refractivity contribution < 1.29 is 13.6 Å². The van der Waals surface area contributed by atoms with Gasteiger partial charge in [-0.25, -0.2) is 0 Å². The van der Waals surface area contributed by atoms with Crippen molar-refractivity contribution in [2.45, 2.75) is 19.4 Å². The van der Waals surface area contributed by atoms with E-state index in [4.69, 9.17) is 8.83 Å². The number of nitrogens with one attached hydrogen (secondary N) is 1. The lowest BCUT2D eigenvalue weighted by Gasteiger charge is -2.11. The molecule has 4 heteroatoms. The fourth-order valence-corrected chi connectivity index (χ4v) is 2.19. The van der Waals surface area contributed by atoms with Gasteiger partial charge in [0, 0.05) is 17.8 Å². The molecule has 1 aromatic carbocycles. The van der Waals surface area contributed by atoms with Gasteiger partial charge in [0.1, 0.15) is 17.6 Å². The number of amides is 1. The molecule has 0 aliphatic heterocycles. The highest BCUT2D eigenvalue weighted by Gasteiger charge is 2.13. The summed E-state index contributed by atoms with van der Waals surface area (Å²) in [6.45, 7) is 1.95. The topological polar surface area (TPSA) is 55.4 Å². The van der Waals surface area contributed by atoms with Crippen molar-refractivity contribution >= 4 is 16.9 Å². The van der Waals surface area contributed by atoms with Gasteiger partial charge in [0.25, 0.3) is 5.91 Å². The second-order valence-electron chi connectivity index (χ2n) is 4.84. The summed E-state index contributed by atoms with van der Waals surface area (Å²) in [5, 5.41) is 4.00. The van der Waals surface area contributed by atoms with Crippen LogP contribution in [0.2, 0.25) is 0 Å². The van der Waals surface area contributed by atoms with Crippen LogP contribution in [0.5, 0.6) is 0 Å². The molecule has 0 radical (unpaired) electrons. The number of benzene rings is 1. The molecular formula is C16H15NO3. The normalized spacial score (nSPS) is 12.4. The number of para-hydroxylation sites is 1. The lowest BCUT2D eigenvalue weighted by molar-refractivity contribution is 0.0938. The predicted octanol–water partition coefficient (Wildman–Crippen LogP) is 3.39. The Labute approximate surface area is 116 Å². The van der Waals surface area contributed by atoms with E-state index in [9.17, 15) is 4.79 Å². The summed E-state index contributed by atoms with van der Waals surface area (Å²) in [5.41, 5.74) is 1.40. The molecule has 0 aliphatic rings. The monoisotopic (exact) mass is 269 g/mol. The zero-order valence-corrected chi connectivity index (χ0v) is 11.1. The standard InChI is InChI=1S/C16H15NO3/c1-11(17-16(18)13-6-7-19-10-13)8-14-9-12-4-2-3-5-15(12)20-14/h2-7,9-11H,8H2,1H3,(H,17,18)/t11-/m0/s1. The molecule has 0 fully saturated rings. The second kappa shape index (κ2) is 5.25. The van der Waals surface area contributed by atoms with Gasteiger partial charge in [-0.2, -0.15) is 0 Å². The molecule has 0 unspecified atom stereocenters. The Morgan fingerprint density at radius 1 is 1.30 bits per heavy atom. The Balaban J connectivity index is 1.66. The van der Waals surface area contributed by atoms with Crippen molar-refractivity contribution in [1.82, 2.24) is 5.32 Å². The summed E-state index contributed by atoms with van der Waals surface area (Å²) < 4.78 is 10.6. The number of hydrogen-bond acceptors (Lipinski definition) is 3. The van der Waals surface area contributed by atoms with Crippen LogP contribution < -0.4 is 5.32 Å². The average molecular weight is 269 g/mol. The first-order chi connectivity index (χ1) is 9.72. The molecule has 2 aromatic heterocycles. The van der Waals surface area contributed by atoms with Crippen LogP contribution in [0.15, 0.2) is 57.8 Å². The van der Waals surface area contributed by atoms with Gasteiger partial charge in [0.15, 0.2) is 0 Å². The third-order valence-electron chi connectivity index (χ3n) is 3.14. The van der Waals surface area contributed by atoms with E-state index in [2.05, 4.69) is 5.32 Å². The number of hydrogen-bond donors (Lipinski definition) is 1.